The van der Waals surface area contributed by atoms with E-state index in [1.54, 1.807) is 6.92 Å². The first-order valence-electron chi connectivity index (χ1n) is 4.73. The average molecular weight is 186 g/mol. The van der Waals surface area contributed by atoms with Crippen LogP contribution in [0.2, 0.25) is 0 Å². The van der Waals surface area contributed by atoms with Gasteiger partial charge in [-0.1, -0.05) is 6.92 Å². The lowest BCUT2D eigenvalue weighted by Gasteiger charge is -2.31. The largest absolute Gasteiger partial charge is 0.391 e. The van der Waals surface area contributed by atoms with E-state index in [1.165, 1.54) is 0 Å². The van der Waals surface area contributed by atoms with Crippen molar-refractivity contribution < 1.29 is 5.11 Å². The summed E-state index contributed by atoms with van der Waals surface area (Å²) in [6, 6.07) is 0. The molecule has 0 aliphatic carbocycles. The van der Waals surface area contributed by atoms with Crippen molar-refractivity contribution >= 4 is 5.71 Å². The summed E-state index contributed by atoms with van der Waals surface area (Å²) in [5, 5.41) is 20.3. The maximum Gasteiger partial charge on any atom is 0.0722 e. The minimum absolute atomic E-state index is 0.155. The van der Waals surface area contributed by atoms with E-state index < -0.39 is 6.10 Å². The molecule has 0 rings (SSSR count). The third kappa shape index (κ3) is 3.87. The van der Waals surface area contributed by atoms with Gasteiger partial charge in [0.25, 0.3) is 0 Å². The molecule has 0 amide bonds. The molecule has 3 N–H and O–H groups in total. The summed E-state index contributed by atoms with van der Waals surface area (Å²) in [5.74, 6) is 0.155. The molecule has 13 heavy (non-hydrogen) atoms. The zero-order valence-corrected chi connectivity index (χ0v) is 9.31. The number of likely N-dealkylation sites (N-methyl/N-ethyl adjacent to an activating group) is 1. The Morgan fingerprint density at radius 1 is 1.54 bits per heavy atom. The van der Waals surface area contributed by atoms with Crippen LogP contribution in [0.3, 0.4) is 0 Å². The van der Waals surface area contributed by atoms with Gasteiger partial charge in [-0.3, -0.25) is 0 Å². The van der Waals surface area contributed by atoms with E-state index in [0.717, 1.165) is 0 Å². The molecule has 2 unspecified atom stereocenters. The van der Waals surface area contributed by atoms with Crippen molar-refractivity contribution in [3.8, 4) is 0 Å². The molecule has 0 saturated carbocycles. The van der Waals surface area contributed by atoms with Gasteiger partial charge in [0.1, 0.15) is 0 Å². The Kier molecular flexibility index (Phi) is 4.57. The molecule has 0 bridgehead atoms. The molecule has 0 fully saturated rings. The Bertz CT molecular complexity index is 178. The SMILES string of the molecule is CNC(C)(C)C(O)CC(C)C(C)=N. The summed E-state index contributed by atoms with van der Waals surface area (Å²) in [7, 11) is 1.84. The van der Waals surface area contributed by atoms with Crippen LogP contribution in [0.1, 0.15) is 34.1 Å². The molecule has 0 saturated heterocycles. The summed E-state index contributed by atoms with van der Waals surface area (Å²) >= 11 is 0. The summed E-state index contributed by atoms with van der Waals surface area (Å²) in [6.07, 6.45) is 0.233. The third-order valence-corrected chi connectivity index (χ3v) is 2.79. The molecular formula is C10H22N2O. The molecule has 0 aliphatic heterocycles. The van der Waals surface area contributed by atoms with E-state index in [0.29, 0.717) is 12.1 Å². The fourth-order valence-electron chi connectivity index (χ4n) is 0.973. The van der Waals surface area contributed by atoms with Crippen LogP contribution < -0.4 is 5.32 Å². The van der Waals surface area contributed by atoms with Crippen LogP contribution in [0.25, 0.3) is 0 Å². The van der Waals surface area contributed by atoms with Crippen LogP contribution in [0, 0.1) is 11.3 Å². The summed E-state index contributed by atoms with van der Waals surface area (Å²) in [5.41, 5.74) is 0.356. The molecule has 0 aromatic heterocycles. The van der Waals surface area contributed by atoms with Gasteiger partial charge in [0.05, 0.1) is 6.10 Å². The van der Waals surface area contributed by atoms with Crippen molar-refractivity contribution in [1.82, 2.24) is 5.32 Å². The smallest absolute Gasteiger partial charge is 0.0722 e. The van der Waals surface area contributed by atoms with Crippen LogP contribution in [-0.4, -0.2) is 29.5 Å². The number of hydrogen-bond donors (Lipinski definition) is 3. The highest BCUT2D eigenvalue weighted by molar-refractivity contribution is 5.80. The molecule has 0 aliphatic rings. The minimum Gasteiger partial charge on any atom is -0.391 e. The molecule has 3 heteroatoms. The van der Waals surface area contributed by atoms with Gasteiger partial charge in [-0.2, -0.15) is 0 Å². The summed E-state index contributed by atoms with van der Waals surface area (Å²) in [6.45, 7) is 7.67. The minimum atomic E-state index is -0.409. The second kappa shape index (κ2) is 4.72. The van der Waals surface area contributed by atoms with Gasteiger partial charge in [-0.05, 0) is 40.2 Å². The van der Waals surface area contributed by atoms with E-state index in [-0.39, 0.29) is 11.5 Å². The molecule has 0 spiro atoms. The maximum absolute atomic E-state index is 9.84. The number of rotatable bonds is 5. The van der Waals surface area contributed by atoms with E-state index in [4.69, 9.17) is 5.41 Å². The molecule has 78 valence electrons. The first kappa shape index (κ1) is 12.6. The van der Waals surface area contributed by atoms with Crippen molar-refractivity contribution in [2.45, 2.75) is 45.8 Å². The lowest BCUT2D eigenvalue weighted by Crippen LogP contribution is -2.48. The van der Waals surface area contributed by atoms with Crippen LogP contribution in [0.15, 0.2) is 0 Å². The predicted octanol–water partition coefficient (Wildman–Crippen LogP) is 1.41. The van der Waals surface area contributed by atoms with Crippen LogP contribution in [0.4, 0.5) is 0 Å². The highest BCUT2D eigenvalue weighted by Crippen LogP contribution is 2.17. The Balaban J connectivity index is 4.14. The molecule has 2 atom stereocenters. The number of nitrogens with one attached hydrogen (secondary N) is 2. The molecule has 0 aromatic carbocycles. The average Bonchev–Trinajstić information content (AvgIpc) is 2.04. The second-order valence-electron chi connectivity index (χ2n) is 4.31. The number of hydrogen-bond acceptors (Lipinski definition) is 3. The fourth-order valence-corrected chi connectivity index (χ4v) is 0.973. The number of aliphatic hydroxyl groups is 1. The molecule has 3 nitrogen and oxygen atoms in total. The monoisotopic (exact) mass is 186 g/mol. The van der Waals surface area contributed by atoms with E-state index in [9.17, 15) is 5.11 Å². The van der Waals surface area contributed by atoms with E-state index in [2.05, 4.69) is 5.32 Å². The van der Waals surface area contributed by atoms with Gasteiger partial charge in [0, 0.05) is 11.3 Å². The zero-order valence-electron chi connectivity index (χ0n) is 9.31. The molecule has 0 radical (unpaired) electrons. The van der Waals surface area contributed by atoms with E-state index in [1.807, 2.05) is 27.8 Å². The Morgan fingerprint density at radius 3 is 2.31 bits per heavy atom. The van der Waals surface area contributed by atoms with Crippen LogP contribution >= 0.6 is 0 Å². The highest BCUT2D eigenvalue weighted by Gasteiger charge is 2.27. The van der Waals surface area contributed by atoms with Crippen molar-refractivity contribution in [3.63, 3.8) is 0 Å². The normalized spacial score (nSPS) is 16.8. The molecule has 0 heterocycles. The van der Waals surface area contributed by atoms with Gasteiger partial charge >= 0.3 is 0 Å². The van der Waals surface area contributed by atoms with Gasteiger partial charge in [0.2, 0.25) is 0 Å². The standard InChI is InChI=1S/C10H22N2O/c1-7(8(2)11)6-9(13)10(3,4)12-5/h7,9,11-13H,6H2,1-5H3. The van der Waals surface area contributed by atoms with Crippen LogP contribution in [0.5, 0.6) is 0 Å². The zero-order chi connectivity index (χ0) is 10.6. The summed E-state index contributed by atoms with van der Waals surface area (Å²) < 4.78 is 0. The highest BCUT2D eigenvalue weighted by atomic mass is 16.3. The second-order valence-corrected chi connectivity index (χ2v) is 4.31. The van der Waals surface area contributed by atoms with Crippen molar-refractivity contribution in [2.75, 3.05) is 7.05 Å². The lowest BCUT2D eigenvalue weighted by molar-refractivity contribution is 0.0711. The first-order valence-corrected chi connectivity index (χ1v) is 4.73. The van der Waals surface area contributed by atoms with Crippen molar-refractivity contribution in [3.05, 3.63) is 0 Å². The predicted molar refractivity (Wildman–Crippen MR) is 56.3 cm³/mol. The van der Waals surface area contributed by atoms with Gasteiger partial charge < -0.3 is 15.8 Å². The fraction of sp³-hybridized carbons (Fsp3) is 0.900. The van der Waals surface area contributed by atoms with Gasteiger partial charge in [-0.25, -0.2) is 0 Å². The Hall–Kier alpha value is -0.410. The lowest BCUT2D eigenvalue weighted by atomic mass is 9.88. The quantitative estimate of drug-likeness (QED) is 0.569. The van der Waals surface area contributed by atoms with Crippen molar-refractivity contribution in [1.29, 1.82) is 5.41 Å². The number of aliphatic hydroxyl groups excluding tert-OH is 1. The van der Waals surface area contributed by atoms with E-state index >= 15 is 0 Å². The summed E-state index contributed by atoms with van der Waals surface area (Å²) in [4.78, 5) is 0. The van der Waals surface area contributed by atoms with Crippen LogP contribution in [-0.2, 0) is 0 Å². The molecule has 0 aromatic rings. The Labute approximate surface area is 81.1 Å². The van der Waals surface area contributed by atoms with Gasteiger partial charge in [0.15, 0.2) is 0 Å². The Morgan fingerprint density at radius 2 is 2.00 bits per heavy atom. The topological polar surface area (TPSA) is 56.1 Å². The third-order valence-electron chi connectivity index (χ3n) is 2.79. The van der Waals surface area contributed by atoms with Gasteiger partial charge in [-0.15, -0.1) is 0 Å². The van der Waals surface area contributed by atoms with Crippen molar-refractivity contribution in [2.24, 2.45) is 5.92 Å². The maximum atomic E-state index is 9.84. The molecular weight excluding hydrogens is 164 g/mol. The first-order chi connectivity index (χ1) is 5.81.